The van der Waals surface area contributed by atoms with Gasteiger partial charge in [0.2, 0.25) is 0 Å². The quantitative estimate of drug-likeness (QED) is 0.660. The fraction of sp³-hybridized carbons (Fsp3) is 0.462. The minimum atomic E-state index is -4.80. The number of ketones is 1. The van der Waals surface area contributed by atoms with Crippen molar-refractivity contribution in [2.24, 2.45) is 0 Å². The van der Waals surface area contributed by atoms with Crippen LogP contribution in [-0.2, 0) is 6.18 Å². The van der Waals surface area contributed by atoms with Crippen LogP contribution in [0.5, 0.6) is 0 Å². The number of alkyl halides is 3. The summed E-state index contributed by atoms with van der Waals surface area (Å²) in [5.41, 5.74) is -1.56. The van der Waals surface area contributed by atoms with Gasteiger partial charge in [-0.2, -0.15) is 13.2 Å². The molecular formula is C13H15F4NO. The highest BCUT2D eigenvalue weighted by Gasteiger charge is 2.34. The number of halogens is 4. The van der Waals surface area contributed by atoms with Crippen LogP contribution in [-0.4, -0.2) is 18.4 Å². The Balaban J connectivity index is 2.87. The molecule has 1 rings (SSSR count). The van der Waals surface area contributed by atoms with Crippen LogP contribution < -0.4 is 5.32 Å². The molecule has 19 heavy (non-hydrogen) atoms. The molecule has 0 aliphatic carbocycles. The predicted molar refractivity (Wildman–Crippen MR) is 63.5 cm³/mol. The second kappa shape index (κ2) is 6.14. The molecule has 1 unspecified atom stereocenters. The maximum absolute atomic E-state index is 13.1. The molecule has 0 fully saturated rings. The lowest BCUT2D eigenvalue weighted by atomic mass is 10.1. The van der Waals surface area contributed by atoms with Gasteiger partial charge in [0.05, 0.1) is 12.1 Å². The molecule has 106 valence electrons. The third-order valence-corrected chi connectivity index (χ3v) is 2.82. The van der Waals surface area contributed by atoms with Gasteiger partial charge in [-0.25, -0.2) is 4.39 Å². The minimum Gasteiger partial charge on any atom is -0.307 e. The molecule has 1 atom stereocenters. The molecule has 0 aliphatic rings. The molecule has 1 N–H and O–H groups in total. The highest BCUT2D eigenvalue weighted by atomic mass is 19.4. The van der Waals surface area contributed by atoms with Crippen molar-refractivity contribution >= 4 is 5.78 Å². The summed E-state index contributed by atoms with van der Waals surface area (Å²) in [4.78, 5) is 11.7. The molecule has 0 spiro atoms. The predicted octanol–water partition coefficient (Wildman–Crippen LogP) is 3.42. The lowest BCUT2D eigenvalue weighted by Gasteiger charge is -2.12. The Hall–Kier alpha value is -1.43. The van der Waals surface area contributed by atoms with Gasteiger partial charge in [-0.05, 0) is 31.5 Å². The van der Waals surface area contributed by atoms with Gasteiger partial charge < -0.3 is 5.32 Å². The van der Waals surface area contributed by atoms with Crippen molar-refractivity contribution < 1.29 is 22.4 Å². The summed E-state index contributed by atoms with van der Waals surface area (Å²) in [7, 11) is 0. The van der Waals surface area contributed by atoms with Gasteiger partial charge in [0.15, 0.2) is 5.78 Å². The molecule has 0 radical (unpaired) electrons. The summed E-state index contributed by atoms with van der Waals surface area (Å²) < 4.78 is 50.5. The van der Waals surface area contributed by atoms with Crippen molar-refractivity contribution in [3.8, 4) is 0 Å². The molecule has 0 saturated carbocycles. The summed E-state index contributed by atoms with van der Waals surface area (Å²) in [6.45, 7) is 3.71. The third kappa shape index (κ3) is 4.31. The monoisotopic (exact) mass is 277 g/mol. The highest BCUT2D eigenvalue weighted by Crippen LogP contribution is 2.31. The van der Waals surface area contributed by atoms with E-state index < -0.39 is 23.3 Å². The van der Waals surface area contributed by atoms with E-state index in [1.54, 1.807) is 0 Å². The summed E-state index contributed by atoms with van der Waals surface area (Å²) in [5.74, 6) is -1.87. The van der Waals surface area contributed by atoms with Crippen molar-refractivity contribution in [1.29, 1.82) is 0 Å². The van der Waals surface area contributed by atoms with E-state index in [4.69, 9.17) is 0 Å². The van der Waals surface area contributed by atoms with Crippen molar-refractivity contribution in [2.45, 2.75) is 32.5 Å². The van der Waals surface area contributed by atoms with Crippen LogP contribution in [0.4, 0.5) is 17.6 Å². The molecule has 1 aromatic rings. The normalized spacial score (nSPS) is 13.4. The van der Waals surface area contributed by atoms with Gasteiger partial charge in [-0.3, -0.25) is 4.79 Å². The van der Waals surface area contributed by atoms with Crippen molar-refractivity contribution in [1.82, 2.24) is 5.32 Å². The van der Waals surface area contributed by atoms with Crippen molar-refractivity contribution in [3.63, 3.8) is 0 Å². The first kappa shape index (κ1) is 15.6. The second-order valence-corrected chi connectivity index (χ2v) is 4.31. The number of carbonyl (C=O) groups is 1. The standard InChI is InChI=1S/C13H15F4NO/c1-3-8(2)18-7-12(19)9-4-5-11(14)10(6-9)13(15,16)17/h4-6,8,18H,3,7H2,1-2H3. The second-order valence-electron chi connectivity index (χ2n) is 4.31. The number of hydrogen-bond donors (Lipinski definition) is 1. The Labute approximate surface area is 108 Å². The Morgan fingerprint density at radius 1 is 1.37 bits per heavy atom. The van der Waals surface area contributed by atoms with E-state index in [0.29, 0.717) is 12.1 Å². The summed E-state index contributed by atoms with van der Waals surface area (Å²) in [6, 6.07) is 2.37. The van der Waals surface area contributed by atoms with Gasteiger partial charge in [-0.1, -0.05) is 6.92 Å². The van der Waals surface area contributed by atoms with E-state index >= 15 is 0 Å². The Morgan fingerprint density at radius 3 is 2.53 bits per heavy atom. The number of carbonyl (C=O) groups excluding carboxylic acids is 1. The first-order chi connectivity index (χ1) is 8.75. The molecule has 1 aromatic carbocycles. The number of benzene rings is 1. The Kier molecular flexibility index (Phi) is 5.05. The Bertz CT molecular complexity index is 456. The number of hydrogen-bond acceptors (Lipinski definition) is 2. The van der Waals surface area contributed by atoms with Crippen LogP contribution in [0.25, 0.3) is 0 Å². The number of rotatable bonds is 5. The molecule has 2 nitrogen and oxygen atoms in total. The van der Waals surface area contributed by atoms with Crippen LogP contribution in [0.2, 0.25) is 0 Å². The van der Waals surface area contributed by atoms with Gasteiger partial charge in [0.1, 0.15) is 5.82 Å². The Morgan fingerprint density at radius 2 is 2.00 bits per heavy atom. The largest absolute Gasteiger partial charge is 0.419 e. The van der Waals surface area contributed by atoms with E-state index in [1.165, 1.54) is 0 Å². The zero-order valence-corrected chi connectivity index (χ0v) is 10.6. The van der Waals surface area contributed by atoms with Crippen molar-refractivity contribution in [3.05, 3.63) is 35.1 Å². The zero-order chi connectivity index (χ0) is 14.6. The summed E-state index contributed by atoms with van der Waals surface area (Å²) >= 11 is 0. The smallest absolute Gasteiger partial charge is 0.307 e. The molecule has 0 saturated heterocycles. The molecule has 0 bridgehead atoms. The molecule has 0 heterocycles. The van der Waals surface area contributed by atoms with Crippen molar-refractivity contribution in [2.75, 3.05) is 6.54 Å². The van der Waals surface area contributed by atoms with Crippen LogP contribution in [0.3, 0.4) is 0 Å². The first-order valence-electron chi connectivity index (χ1n) is 5.89. The molecule has 6 heteroatoms. The topological polar surface area (TPSA) is 29.1 Å². The van der Waals surface area contributed by atoms with Gasteiger partial charge >= 0.3 is 6.18 Å². The summed E-state index contributed by atoms with van der Waals surface area (Å²) in [5, 5.41) is 2.88. The first-order valence-corrected chi connectivity index (χ1v) is 5.89. The maximum atomic E-state index is 13.1. The van der Waals surface area contributed by atoms with E-state index in [1.807, 2.05) is 13.8 Å². The van der Waals surface area contributed by atoms with E-state index in [9.17, 15) is 22.4 Å². The average molecular weight is 277 g/mol. The number of Topliss-reactive ketones (excluding diaryl/α,β-unsaturated/α-hetero) is 1. The minimum absolute atomic E-state index is 0.0715. The SMILES string of the molecule is CCC(C)NCC(=O)c1ccc(F)c(C(F)(F)F)c1. The lowest BCUT2D eigenvalue weighted by Crippen LogP contribution is -2.31. The molecule has 0 aliphatic heterocycles. The maximum Gasteiger partial charge on any atom is 0.419 e. The van der Waals surface area contributed by atoms with Crippen LogP contribution in [0.15, 0.2) is 18.2 Å². The van der Waals surface area contributed by atoms with Crippen LogP contribution in [0, 0.1) is 5.82 Å². The van der Waals surface area contributed by atoms with Gasteiger partial charge in [0, 0.05) is 11.6 Å². The molecule has 0 aromatic heterocycles. The molecular weight excluding hydrogens is 262 g/mol. The highest BCUT2D eigenvalue weighted by molar-refractivity contribution is 5.97. The van der Waals surface area contributed by atoms with E-state index in [0.717, 1.165) is 12.5 Å². The zero-order valence-electron chi connectivity index (χ0n) is 10.6. The fourth-order valence-electron chi connectivity index (χ4n) is 1.43. The molecule has 0 amide bonds. The van der Waals surface area contributed by atoms with Crippen LogP contribution in [0.1, 0.15) is 36.2 Å². The average Bonchev–Trinajstić information content (AvgIpc) is 2.34. The third-order valence-electron chi connectivity index (χ3n) is 2.82. The van der Waals surface area contributed by atoms with E-state index in [2.05, 4.69) is 5.32 Å². The summed E-state index contributed by atoms with van der Waals surface area (Å²) in [6.07, 6.45) is -4.00. The van der Waals surface area contributed by atoms with Crippen LogP contribution >= 0.6 is 0 Å². The number of nitrogens with one attached hydrogen (secondary N) is 1. The lowest BCUT2D eigenvalue weighted by molar-refractivity contribution is -0.140. The van der Waals surface area contributed by atoms with Gasteiger partial charge in [0.25, 0.3) is 0 Å². The van der Waals surface area contributed by atoms with E-state index in [-0.39, 0.29) is 18.2 Å². The fourth-order valence-corrected chi connectivity index (χ4v) is 1.43. The van der Waals surface area contributed by atoms with Gasteiger partial charge in [-0.15, -0.1) is 0 Å².